The maximum atomic E-state index is 13.5. The first-order valence-corrected chi connectivity index (χ1v) is 10.3. The second-order valence-corrected chi connectivity index (χ2v) is 8.44. The summed E-state index contributed by atoms with van der Waals surface area (Å²) in [6, 6.07) is 5.09. The Morgan fingerprint density at radius 2 is 1.83 bits per heavy atom. The summed E-state index contributed by atoms with van der Waals surface area (Å²) >= 11 is 0. The van der Waals surface area contributed by atoms with Gasteiger partial charge in [-0.2, -0.15) is 13.2 Å². The lowest BCUT2D eigenvalue weighted by Crippen LogP contribution is -2.52. The van der Waals surface area contributed by atoms with Crippen LogP contribution in [0.4, 0.5) is 19.0 Å². The van der Waals surface area contributed by atoms with Crippen LogP contribution in [-0.2, 0) is 6.18 Å². The third-order valence-corrected chi connectivity index (χ3v) is 6.73. The molecule has 3 unspecified atom stereocenters. The van der Waals surface area contributed by atoms with Crippen LogP contribution in [0.3, 0.4) is 0 Å². The van der Waals surface area contributed by atoms with Crippen LogP contribution >= 0.6 is 0 Å². The zero-order valence-corrected chi connectivity index (χ0v) is 16.1. The molecule has 1 aliphatic heterocycles. The predicted octanol–water partition coefficient (Wildman–Crippen LogP) is 3.87. The van der Waals surface area contributed by atoms with Crippen molar-refractivity contribution in [2.75, 3.05) is 31.1 Å². The fourth-order valence-corrected chi connectivity index (χ4v) is 5.31. The number of hydrogen-bond donors (Lipinski definition) is 0. The van der Waals surface area contributed by atoms with E-state index in [9.17, 15) is 13.2 Å². The number of nitrogens with zero attached hydrogens (tertiary/aromatic N) is 5. The summed E-state index contributed by atoms with van der Waals surface area (Å²) in [6.07, 6.45) is 3.92. The second kappa shape index (κ2) is 7.23. The van der Waals surface area contributed by atoms with E-state index in [-0.39, 0.29) is 5.82 Å². The van der Waals surface area contributed by atoms with Crippen molar-refractivity contribution in [1.82, 2.24) is 19.9 Å². The Balaban J connectivity index is 1.36. The Labute approximate surface area is 168 Å². The molecule has 2 aromatic heterocycles. The molecule has 2 aliphatic carbocycles. The van der Waals surface area contributed by atoms with Crippen molar-refractivity contribution in [2.24, 2.45) is 11.8 Å². The van der Waals surface area contributed by atoms with Crippen LogP contribution in [0.15, 0.2) is 30.6 Å². The highest BCUT2D eigenvalue weighted by Crippen LogP contribution is 2.46. The lowest BCUT2D eigenvalue weighted by atomic mass is 9.93. The second-order valence-electron chi connectivity index (χ2n) is 8.44. The fraction of sp³-hybridized carbons (Fsp3) is 0.571. The topological polar surface area (TPSA) is 45.2 Å². The fourth-order valence-electron chi connectivity index (χ4n) is 5.31. The Morgan fingerprint density at radius 1 is 1.00 bits per heavy atom. The number of hydrogen-bond acceptors (Lipinski definition) is 5. The number of aromatic nitrogens is 3. The molecule has 3 aliphatic rings. The molecule has 154 valence electrons. The smallest absolute Gasteiger partial charge is 0.354 e. The van der Waals surface area contributed by atoms with Crippen LogP contribution in [0.25, 0.3) is 11.4 Å². The van der Waals surface area contributed by atoms with Crippen LogP contribution in [-0.4, -0.2) is 52.1 Å². The molecule has 2 bridgehead atoms. The average molecular weight is 403 g/mol. The third-order valence-electron chi connectivity index (χ3n) is 6.73. The first kappa shape index (κ1) is 18.8. The molecule has 0 aromatic carbocycles. The van der Waals surface area contributed by atoms with Gasteiger partial charge in [0.25, 0.3) is 0 Å². The van der Waals surface area contributed by atoms with Gasteiger partial charge in [-0.3, -0.25) is 9.88 Å². The van der Waals surface area contributed by atoms with Gasteiger partial charge in [0.05, 0.1) is 0 Å². The number of anilines is 1. The Kier molecular flexibility index (Phi) is 4.69. The molecule has 0 N–H and O–H groups in total. The SMILES string of the molecule is FC(F)(F)c1cc(N2CCN(C3CC4CCC3C4)CC2)nc(-c2cccnc2)n1. The molecule has 3 fully saturated rings. The first-order chi connectivity index (χ1) is 14.0. The highest BCUT2D eigenvalue weighted by molar-refractivity contribution is 5.57. The molecule has 3 heterocycles. The molecule has 0 radical (unpaired) electrons. The summed E-state index contributed by atoms with van der Waals surface area (Å²) in [5.74, 6) is 2.12. The zero-order valence-electron chi connectivity index (χ0n) is 16.1. The molecule has 5 nitrogen and oxygen atoms in total. The van der Waals surface area contributed by atoms with E-state index in [1.54, 1.807) is 18.3 Å². The maximum Gasteiger partial charge on any atom is 0.433 e. The van der Waals surface area contributed by atoms with Gasteiger partial charge in [-0.05, 0) is 43.2 Å². The summed E-state index contributed by atoms with van der Waals surface area (Å²) < 4.78 is 40.4. The van der Waals surface area contributed by atoms with Gasteiger partial charge in [0, 0.05) is 56.2 Å². The monoisotopic (exact) mass is 403 g/mol. The van der Waals surface area contributed by atoms with Gasteiger partial charge < -0.3 is 4.90 Å². The van der Waals surface area contributed by atoms with Crippen molar-refractivity contribution in [3.8, 4) is 11.4 Å². The average Bonchev–Trinajstić information content (AvgIpc) is 3.37. The maximum absolute atomic E-state index is 13.5. The lowest BCUT2D eigenvalue weighted by Gasteiger charge is -2.41. The molecule has 0 spiro atoms. The van der Waals surface area contributed by atoms with Crippen LogP contribution in [0.1, 0.15) is 31.4 Å². The minimum Gasteiger partial charge on any atom is -0.354 e. The summed E-state index contributed by atoms with van der Waals surface area (Å²) in [6.45, 7) is 3.13. The van der Waals surface area contributed by atoms with Gasteiger partial charge in [0.1, 0.15) is 5.82 Å². The van der Waals surface area contributed by atoms with Crippen molar-refractivity contribution in [3.63, 3.8) is 0 Å². The first-order valence-electron chi connectivity index (χ1n) is 10.3. The van der Waals surface area contributed by atoms with E-state index < -0.39 is 11.9 Å². The van der Waals surface area contributed by atoms with Crippen molar-refractivity contribution in [3.05, 3.63) is 36.3 Å². The van der Waals surface area contributed by atoms with Gasteiger partial charge in [0.15, 0.2) is 11.5 Å². The summed E-state index contributed by atoms with van der Waals surface area (Å²) in [7, 11) is 0. The van der Waals surface area contributed by atoms with Crippen LogP contribution in [0.5, 0.6) is 0 Å². The van der Waals surface area contributed by atoms with E-state index >= 15 is 0 Å². The number of halogens is 3. The van der Waals surface area contributed by atoms with E-state index in [0.717, 1.165) is 31.0 Å². The van der Waals surface area contributed by atoms with Gasteiger partial charge in [0.2, 0.25) is 0 Å². The normalized spacial score (nSPS) is 27.6. The number of piperazine rings is 1. The van der Waals surface area contributed by atoms with Crippen molar-refractivity contribution in [1.29, 1.82) is 0 Å². The molecule has 3 atom stereocenters. The zero-order chi connectivity index (χ0) is 20.0. The van der Waals surface area contributed by atoms with Crippen molar-refractivity contribution >= 4 is 5.82 Å². The van der Waals surface area contributed by atoms with Gasteiger partial charge in [-0.15, -0.1) is 0 Å². The van der Waals surface area contributed by atoms with Gasteiger partial charge >= 0.3 is 6.18 Å². The van der Waals surface area contributed by atoms with Gasteiger partial charge in [-0.25, -0.2) is 9.97 Å². The van der Waals surface area contributed by atoms with E-state index in [0.29, 0.717) is 30.5 Å². The molecular formula is C21H24F3N5. The van der Waals surface area contributed by atoms with Crippen LogP contribution < -0.4 is 4.90 Å². The van der Waals surface area contributed by atoms with Crippen molar-refractivity contribution < 1.29 is 13.2 Å². The van der Waals surface area contributed by atoms with Crippen molar-refractivity contribution in [2.45, 2.75) is 37.9 Å². The van der Waals surface area contributed by atoms with E-state index in [1.165, 1.54) is 31.9 Å². The van der Waals surface area contributed by atoms with E-state index in [1.807, 2.05) is 4.90 Å². The van der Waals surface area contributed by atoms with E-state index in [4.69, 9.17) is 0 Å². The number of alkyl halides is 3. The summed E-state index contributed by atoms with van der Waals surface area (Å²) in [4.78, 5) is 16.7. The minimum atomic E-state index is -4.51. The minimum absolute atomic E-state index is 0.0680. The Morgan fingerprint density at radius 3 is 2.45 bits per heavy atom. The van der Waals surface area contributed by atoms with E-state index in [2.05, 4.69) is 19.9 Å². The number of fused-ring (bicyclic) bond motifs is 2. The largest absolute Gasteiger partial charge is 0.433 e. The number of rotatable bonds is 3. The molecule has 5 rings (SSSR count). The van der Waals surface area contributed by atoms with Gasteiger partial charge in [-0.1, -0.05) is 6.42 Å². The Hall–Kier alpha value is -2.22. The molecule has 29 heavy (non-hydrogen) atoms. The third kappa shape index (κ3) is 3.70. The molecule has 2 aromatic rings. The van der Waals surface area contributed by atoms with Crippen LogP contribution in [0.2, 0.25) is 0 Å². The highest BCUT2D eigenvalue weighted by Gasteiger charge is 2.43. The van der Waals surface area contributed by atoms with Crippen LogP contribution in [0, 0.1) is 11.8 Å². The number of pyridine rings is 1. The Bertz CT molecular complexity index is 864. The summed E-state index contributed by atoms with van der Waals surface area (Å²) in [5.41, 5.74) is -0.419. The molecule has 0 amide bonds. The summed E-state index contributed by atoms with van der Waals surface area (Å²) in [5, 5.41) is 0. The predicted molar refractivity (Wildman–Crippen MR) is 103 cm³/mol. The molecular weight excluding hydrogens is 379 g/mol. The lowest BCUT2D eigenvalue weighted by molar-refractivity contribution is -0.141. The highest BCUT2D eigenvalue weighted by atomic mass is 19.4. The standard InChI is InChI=1S/C21H24F3N5/c22-21(23,24)18-12-19(27-20(26-18)16-2-1-5-25-13-16)29-8-6-28(7-9-29)17-11-14-3-4-15(17)10-14/h1-2,5,12-15,17H,3-4,6-11H2. The molecule has 2 saturated carbocycles. The quantitative estimate of drug-likeness (QED) is 0.779. The molecule has 8 heteroatoms. The molecule has 1 saturated heterocycles.